The fraction of sp³-hybridized carbons (Fsp3) is 0.500. The Morgan fingerprint density at radius 3 is 2.76 bits per heavy atom. The second kappa shape index (κ2) is 4.17. The number of carbonyl (C=O) groups excluding carboxylic acids is 2. The largest absolute Gasteiger partial charge is 0.370 e. The van der Waals surface area contributed by atoms with Gasteiger partial charge in [-0.3, -0.25) is 9.59 Å². The average Bonchev–Trinajstić information content (AvgIpc) is 3.03. The molecule has 1 aromatic carbocycles. The van der Waals surface area contributed by atoms with Crippen LogP contribution in [0.3, 0.4) is 0 Å². The van der Waals surface area contributed by atoms with Gasteiger partial charge in [-0.1, -0.05) is 15.9 Å². The number of rotatable bonds is 1. The molecule has 0 aromatic heterocycles. The number of benzene rings is 1. The molecule has 3 fully saturated rings. The summed E-state index contributed by atoms with van der Waals surface area (Å²) in [6.45, 7) is 3.92. The zero-order valence-corrected chi connectivity index (χ0v) is 13.5. The molecular weight excluding hydrogens is 334 g/mol. The van der Waals surface area contributed by atoms with Gasteiger partial charge in [0.15, 0.2) is 0 Å². The summed E-state index contributed by atoms with van der Waals surface area (Å²) in [5.41, 5.74) is 1.22. The summed E-state index contributed by atoms with van der Waals surface area (Å²) in [5, 5.41) is 0. The van der Waals surface area contributed by atoms with E-state index in [1.165, 1.54) is 4.90 Å². The summed E-state index contributed by atoms with van der Waals surface area (Å²) < 4.78 is 6.89. The highest BCUT2D eigenvalue weighted by Crippen LogP contribution is 2.55. The molecule has 1 aromatic rings. The fourth-order valence-electron chi connectivity index (χ4n) is 4.10. The lowest BCUT2D eigenvalue weighted by Crippen LogP contribution is -2.39. The van der Waals surface area contributed by atoms with E-state index >= 15 is 0 Å². The molecule has 0 aliphatic carbocycles. The van der Waals surface area contributed by atoms with Crippen LogP contribution in [0, 0.1) is 18.8 Å². The van der Waals surface area contributed by atoms with E-state index in [0.29, 0.717) is 5.69 Å². The maximum atomic E-state index is 12.8. The quantitative estimate of drug-likeness (QED) is 0.732. The van der Waals surface area contributed by atoms with Crippen molar-refractivity contribution in [1.29, 1.82) is 0 Å². The lowest BCUT2D eigenvalue weighted by atomic mass is 9.74. The third kappa shape index (κ3) is 1.64. The first-order valence-electron chi connectivity index (χ1n) is 7.24. The zero-order chi connectivity index (χ0) is 14.9. The van der Waals surface area contributed by atoms with Gasteiger partial charge < -0.3 is 4.74 Å². The molecule has 4 atom stereocenters. The second-order valence-corrected chi connectivity index (χ2v) is 7.31. The molecule has 2 unspecified atom stereocenters. The first kappa shape index (κ1) is 13.5. The second-order valence-electron chi connectivity index (χ2n) is 6.46. The van der Waals surface area contributed by atoms with Crippen molar-refractivity contribution in [3.63, 3.8) is 0 Å². The molecule has 0 spiro atoms. The topological polar surface area (TPSA) is 46.6 Å². The van der Waals surface area contributed by atoms with Gasteiger partial charge in [-0.2, -0.15) is 0 Å². The molecule has 0 N–H and O–H groups in total. The van der Waals surface area contributed by atoms with Gasteiger partial charge in [-0.05, 0) is 50.5 Å². The Balaban J connectivity index is 1.77. The molecule has 3 aliphatic heterocycles. The summed E-state index contributed by atoms with van der Waals surface area (Å²) in [6.07, 6.45) is 1.66. The van der Waals surface area contributed by atoms with Gasteiger partial charge in [0.2, 0.25) is 11.8 Å². The van der Waals surface area contributed by atoms with E-state index in [-0.39, 0.29) is 29.8 Å². The molecule has 0 saturated carbocycles. The maximum absolute atomic E-state index is 12.8. The van der Waals surface area contributed by atoms with Crippen LogP contribution in [0.1, 0.15) is 25.3 Å². The summed E-state index contributed by atoms with van der Waals surface area (Å²) in [6, 6.07) is 5.58. The summed E-state index contributed by atoms with van der Waals surface area (Å²) in [5.74, 6) is -0.801. The summed E-state index contributed by atoms with van der Waals surface area (Å²) >= 11 is 3.45. The van der Waals surface area contributed by atoms with Crippen LogP contribution in [-0.2, 0) is 14.3 Å². The Morgan fingerprint density at radius 1 is 1.33 bits per heavy atom. The molecule has 3 aliphatic rings. The molecule has 3 saturated heterocycles. The minimum atomic E-state index is -0.457. The number of halogens is 1. The first-order chi connectivity index (χ1) is 9.92. The van der Waals surface area contributed by atoms with Crippen LogP contribution in [0.25, 0.3) is 0 Å². The predicted octanol–water partition coefficient (Wildman–Crippen LogP) is 2.81. The number of anilines is 1. The van der Waals surface area contributed by atoms with Gasteiger partial charge in [0.05, 0.1) is 29.2 Å². The molecule has 4 rings (SSSR count). The lowest BCUT2D eigenvalue weighted by Gasteiger charge is -2.26. The number of nitrogens with zero attached hydrogens (tertiary/aromatic N) is 1. The summed E-state index contributed by atoms with van der Waals surface area (Å²) in [7, 11) is 0. The van der Waals surface area contributed by atoms with Crippen LogP contribution in [-0.4, -0.2) is 23.5 Å². The Labute approximate surface area is 131 Å². The van der Waals surface area contributed by atoms with Crippen LogP contribution in [0.4, 0.5) is 5.69 Å². The van der Waals surface area contributed by atoms with Crippen LogP contribution >= 0.6 is 15.9 Å². The molecule has 5 heteroatoms. The number of imide groups is 1. The molecule has 2 amide bonds. The lowest BCUT2D eigenvalue weighted by molar-refractivity contribution is -0.126. The number of ether oxygens (including phenoxy) is 1. The van der Waals surface area contributed by atoms with E-state index in [4.69, 9.17) is 4.74 Å². The maximum Gasteiger partial charge on any atom is 0.240 e. The van der Waals surface area contributed by atoms with Crippen LogP contribution in [0.15, 0.2) is 22.7 Å². The number of hydrogen-bond donors (Lipinski definition) is 0. The highest BCUT2D eigenvalue weighted by Gasteiger charge is 2.67. The van der Waals surface area contributed by atoms with Crippen LogP contribution in [0.2, 0.25) is 0 Å². The Kier molecular flexibility index (Phi) is 2.67. The Bertz CT molecular complexity index is 673. The van der Waals surface area contributed by atoms with E-state index in [1.807, 2.05) is 32.0 Å². The highest BCUT2D eigenvalue weighted by molar-refractivity contribution is 9.10. The van der Waals surface area contributed by atoms with Crippen molar-refractivity contribution >= 4 is 33.4 Å². The van der Waals surface area contributed by atoms with Crippen molar-refractivity contribution in [2.75, 3.05) is 4.90 Å². The molecule has 2 bridgehead atoms. The Hall–Kier alpha value is -1.20. The van der Waals surface area contributed by atoms with Crippen molar-refractivity contribution in [2.45, 2.75) is 38.4 Å². The smallest absolute Gasteiger partial charge is 0.240 e. The predicted molar refractivity (Wildman–Crippen MR) is 80.9 cm³/mol. The van der Waals surface area contributed by atoms with Crippen molar-refractivity contribution < 1.29 is 14.3 Å². The minimum Gasteiger partial charge on any atom is -0.370 e. The van der Waals surface area contributed by atoms with Gasteiger partial charge in [0.25, 0.3) is 0 Å². The normalized spacial score (nSPS) is 37.5. The fourth-order valence-corrected chi connectivity index (χ4v) is 4.35. The highest BCUT2D eigenvalue weighted by atomic mass is 79.9. The van der Waals surface area contributed by atoms with Gasteiger partial charge in [0.1, 0.15) is 0 Å². The Morgan fingerprint density at radius 2 is 2.10 bits per heavy atom. The molecular formula is C16H16BrNO3. The van der Waals surface area contributed by atoms with Gasteiger partial charge in [0, 0.05) is 4.47 Å². The number of carbonyl (C=O) groups is 2. The van der Waals surface area contributed by atoms with Gasteiger partial charge in [-0.15, -0.1) is 0 Å². The number of fused-ring (bicyclic) bond motifs is 5. The number of amides is 2. The minimum absolute atomic E-state index is 0.0852. The van der Waals surface area contributed by atoms with Crippen molar-refractivity contribution in [2.24, 2.45) is 11.8 Å². The van der Waals surface area contributed by atoms with E-state index < -0.39 is 5.60 Å². The number of aryl methyl sites for hydroxylation is 1. The SMILES string of the molecule is Cc1cc(N2C(=O)[C@@H]3C4CCC(C)(O4)[C@@H]3C2=O)ccc1Br. The van der Waals surface area contributed by atoms with E-state index in [2.05, 4.69) is 15.9 Å². The third-order valence-corrected chi connectivity index (χ3v) is 6.04. The van der Waals surface area contributed by atoms with Crippen molar-refractivity contribution in [1.82, 2.24) is 0 Å². The summed E-state index contributed by atoms with van der Waals surface area (Å²) in [4.78, 5) is 26.9. The standard InChI is InChI=1S/C16H16BrNO3/c1-8-7-9(3-4-10(8)17)18-14(19)12-11-5-6-16(2,21-11)13(12)15(18)20/h3-4,7,11-13H,5-6H2,1-2H3/t11?,12-,13+,16?/m1/s1. The monoisotopic (exact) mass is 349 g/mol. The van der Waals surface area contributed by atoms with Crippen molar-refractivity contribution in [3.8, 4) is 0 Å². The molecule has 4 nitrogen and oxygen atoms in total. The molecule has 0 radical (unpaired) electrons. The van der Waals surface area contributed by atoms with Gasteiger partial charge in [-0.25, -0.2) is 4.90 Å². The molecule has 21 heavy (non-hydrogen) atoms. The number of hydrogen-bond acceptors (Lipinski definition) is 3. The van der Waals surface area contributed by atoms with E-state index in [1.54, 1.807) is 0 Å². The van der Waals surface area contributed by atoms with E-state index in [0.717, 1.165) is 22.9 Å². The first-order valence-corrected chi connectivity index (χ1v) is 8.03. The van der Waals surface area contributed by atoms with Crippen LogP contribution in [0.5, 0.6) is 0 Å². The average molecular weight is 350 g/mol. The van der Waals surface area contributed by atoms with Crippen LogP contribution < -0.4 is 4.90 Å². The van der Waals surface area contributed by atoms with Crippen molar-refractivity contribution in [3.05, 3.63) is 28.2 Å². The molecule has 110 valence electrons. The van der Waals surface area contributed by atoms with E-state index in [9.17, 15) is 9.59 Å². The zero-order valence-electron chi connectivity index (χ0n) is 11.9. The third-order valence-electron chi connectivity index (χ3n) is 5.16. The molecule has 3 heterocycles. The van der Waals surface area contributed by atoms with Gasteiger partial charge >= 0.3 is 0 Å².